The lowest BCUT2D eigenvalue weighted by Gasteiger charge is -2.34. The summed E-state index contributed by atoms with van der Waals surface area (Å²) in [5.74, 6) is -1.42. The average Bonchev–Trinajstić information content (AvgIpc) is 2.23. The second kappa shape index (κ2) is 7.60. The molecule has 0 aliphatic rings. The molecule has 0 aromatic rings. The highest BCUT2D eigenvalue weighted by atomic mass is 16.4. The van der Waals surface area contributed by atoms with Crippen LogP contribution in [0.15, 0.2) is 0 Å². The molecular weight excluding hydrogens is 250 g/mol. The number of nitrogens with two attached hydrogens (primary N) is 1. The quantitative estimate of drug-likeness (QED) is 0.587. The standard InChI is InChI=1S/C12H23N3O4/c1-12(2,3)15(8-10(17)18)11(19)14-7-5-4-6-9(13)16/h4-8H2,1-3H3,(H2,13,16)(H,14,19)(H,17,18). The van der Waals surface area contributed by atoms with Gasteiger partial charge in [-0.2, -0.15) is 0 Å². The van der Waals surface area contributed by atoms with Gasteiger partial charge in [0.1, 0.15) is 6.54 Å². The summed E-state index contributed by atoms with van der Waals surface area (Å²) >= 11 is 0. The number of urea groups is 1. The van der Waals surface area contributed by atoms with Gasteiger partial charge in [0.05, 0.1) is 0 Å². The van der Waals surface area contributed by atoms with Gasteiger partial charge in [0, 0.05) is 18.5 Å². The number of rotatable bonds is 7. The van der Waals surface area contributed by atoms with Crippen LogP contribution in [-0.4, -0.2) is 46.5 Å². The molecule has 19 heavy (non-hydrogen) atoms. The van der Waals surface area contributed by atoms with Gasteiger partial charge in [-0.3, -0.25) is 9.59 Å². The molecule has 0 radical (unpaired) electrons. The Morgan fingerprint density at radius 1 is 1.21 bits per heavy atom. The minimum Gasteiger partial charge on any atom is -0.480 e. The van der Waals surface area contributed by atoms with Crippen LogP contribution in [-0.2, 0) is 9.59 Å². The maximum atomic E-state index is 11.9. The van der Waals surface area contributed by atoms with Crippen molar-refractivity contribution in [3.63, 3.8) is 0 Å². The third-order valence-electron chi connectivity index (χ3n) is 2.47. The topological polar surface area (TPSA) is 113 Å². The van der Waals surface area contributed by atoms with Crippen molar-refractivity contribution in [3.8, 4) is 0 Å². The third kappa shape index (κ3) is 8.01. The molecule has 7 heteroatoms. The van der Waals surface area contributed by atoms with Crippen LogP contribution in [0.3, 0.4) is 0 Å². The first kappa shape index (κ1) is 17.2. The fraction of sp³-hybridized carbons (Fsp3) is 0.750. The lowest BCUT2D eigenvalue weighted by molar-refractivity contribution is -0.138. The number of carboxylic acid groups (broad SMARTS) is 1. The Labute approximate surface area is 113 Å². The molecule has 0 rings (SSSR count). The highest BCUT2D eigenvalue weighted by Gasteiger charge is 2.27. The van der Waals surface area contributed by atoms with E-state index < -0.39 is 17.5 Å². The van der Waals surface area contributed by atoms with E-state index in [-0.39, 0.29) is 18.9 Å². The maximum absolute atomic E-state index is 11.9. The first-order chi connectivity index (χ1) is 8.64. The molecule has 0 unspecified atom stereocenters. The number of amides is 3. The summed E-state index contributed by atoms with van der Waals surface area (Å²) in [5, 5.41) is 11.4. The van der Waals surface area contributed by atoms with Gasteiger partial charge in [-0.25, -0.2) is 4.79 Å². The van der Waals surface area contributed by atoms with E-state index in [0.717, 1.165) is 0 Å². The molecule has 0 heterocycles. The van der Waals surface area contributed by atoms with E-state index in [0.29, 0.717) is 19.4 Å². The van der Waals surface area contributed by atoms with E-state index in [1.165, 1.54) is 4.90 Å². The van der Waals surface area contributed by atoms with E-state index in [4.69, 9.17) is 10.8 Å². The maximum Gasteiger partial charge on any atom is 0.323 e. The Hall–Kier alpha value is -1.79. The molecule has 0 aromatic carbocycles. The van der Waals surface area contributed by atoms with Gasteiger partial charge in [-0.1, -0.05) is 0 Å². The largest absolute Gasteiger partial charge is 0.480 e. The van der Waals surface area contributed by atoms with Crippen molar-refractivity contribution in [1.29, 1.82) is 0 Å². The Morgan fingerprint density at radius 3 is 2.21 bits per heavy atom. The summed E-state index contributed by atoms with van der Waals surface area (Å²) in [4.78, 5) is 34.4. The lowest BCUT2D eigenvalue weighted by atomic mass is 10.1. The predicted octanol–water partition coefficient (Wildman–Crippen LogP) is 0.537. The van der Waals surface area contributed by atoms with Crippen LogP contribution < -0.4 is 11.1 Å². The predicted molar refractivity (Wildman–Crippen MR) is 70.5 cm³/mol. The van der Waals surface area contributed by atoms with Gasteiger partial charge in [-0.15, -0.1) is 0 Å². The van der Waals surface area contributed by atoms with Crippen molar-refractivity contribution < 1.29 is 19.5 Å². The number of aliphatic carboxylic acids is 1. The highest BCUT2D eigenvalue weighted by Crippen LogP contribution is 2.12. The van der Waals surface area contributed by atoms with Crippen molar-refractivity contribution >= 4 is 17.9 Å². The minimum absolute atomic E-state index is 0.286. The fourth-order valence-corrected chi connectivity index (χ4v) is 1.46. The number of hydrogen-bond acceptors (Lipinski definition) is 3. The summed E-state index contributed by atoms with van der Waals surface area (Å²) in [7, 11) is 0. The number of nitrogens with zero attached hydrogens (tertiary/aromatic N) is 1. The summed E-state index contributed by atoms with van der Waals surface area (Å²) in [6.45, 7) is 5.34. The van der Waals surface area contributed by atoms with Crippen molar-refractivity contribution in [2.45, 2.75) is 45.6 Å². The first-order valence-electron chi connectivity index (χ1n) is 6.20. The molecule has 0 fully saturated rings. The second-order valence-corrected chi connectivity index (χ2v) is 5.31. The van der Waals surface area contributed by atoms with Crippen LogP contribution in [0.25, 0.3) is 0 Å². The van der Waals surface area contributed by atoms with Crippen LogP contribution in [0, 0.1) is 0 Å². The molecule has 0 bridgehead atoms. The Bertz CT molecular complexity index is 336. The van der Waals surface area contributed by atoms with Crippen molar-refractivity contribution in [3.05, 3.63) is 0 Å². The Kier molecular flexibility index (Phi) is 6.89. The SMILES string of the molecule is CC(C)(C)N(CC(=O)O)C(=O)NCCCCC(N)=O. The van der Waals surface area contributed by atoms with Crippen LogP contribution in [0.4, 0.5) is 4.79 Å². The van der Waals surface area contributed by atoms with Crippen LogP contribution in [0.5, 0.6) is 0 Å². The normalized spacial score (nSPS) is 10.9. The number of carboxylic acids is 1. The fourth-order valence-electron chi connectivity index (χ4n) is 1.46. The summed E-state index contributed by atoms with van der Waals surface area (Å²) in [6.07, 6.45) is 1.51. The molecule has 0 aliphatic carbocycles. The summed E-state index contributed by atoms with van der Waals surface area (Å²) < 4.78 is 0. The van der Waals surface area contributed by atoms with E-state index in [1.54, 1.807) is 20.8 Å². The third-order valence-corrected chi connectivity index (χ3v) is 2.47. The van der Waals surface area contributed by atoms with Crippen LogP contribution >= 0.6 is 0 Å². The molecule has 3 amide bonds. The molecule has 0 saturated carbocycles. The van der Waals surface area contributed by atoms with Crippen molar-refractivity contribution in [1.82, 2.24) is 10.2 Å². The van der Waals surface area contributed by atoms with E-state index in [2.05, 4.69) is 5.32 Å². The van der Waals surface area contributed by atoms with E-state index in [9.17, 15) is 14.4 Å². The Morgan fingerprint density at radius 2 is 1.79 bits per heavy atom. The van der Waals surface area contributed by atoms with E-state index >= 15 is 0 Å². The lowest BCUT2D eigenvalue weighted by Crippen LogP contribution is -2.52. The van der Waals surface area contributed by atoms with Crippen LogP contribution in [0.1, 0.15) is 40.0 Å². The Balaban J connectivity index is 4.19. The zero-order chi connectivity index (χ0) is 15.1. The molecule has 0 aromatic heterocycles. The van der Waals surface area contributed by atoms with Gasteiger partial charge < -0.3 is 21.1 Å². The van der Waals surface area contributed by atoms with Crippen molar-refractivity contribution in [2.24, 2.45) is 5.73 Å². The number of nitrogens with one attached hydrogen (secondary N) is 1. The minimum atomic E-state index is -1.06. The highest BCUT2D eigenvalue weighted by molar-refractivity contribution is 5.80. The number of primary amides is 1. The smallest absolute Gasteiger partial charge is 0.323 e. The first-order valence-corrected chi connectivity index (χ1v) is 6.20. The zero-order valence-electron chi connectivity index (χ0n) is 11.7. The molecular formula is C12H23N3O4. The van der Waals surface area contributed by atoms with Crippen LogP contribution in [0.2, 0.25) is 0 Å². The molecule has 0 atom stereocenters. The van der Waals surface area contributed by atoms with Gasteiger partial charge in [0.2, 0.25) is 5.91 Å². The number of carbonyl (C=O) groups is 3. The number of hydrogen-bond donors (Lipinski definition) is 3. The van der Waals surface area contributed by atoms with Crippen molar-refractivity contribution in [2.75, 3.05) is 13.1 Å². The van der Waals surface area contributed by atoms with Gasteiger partial charge >= 0.3 is 12.0 Å². The second-order valence-electron chi connectivity index (χ2n) is 5.31. The summed E-state index contributed by atoms with van der Waals surface area (Å²) in [5.41, 5.74) is 4.42. The molecule has 110 valence electrons. The van der Waals surface area contributed by atoms with Gasteiger partial charge in [0.15, 0.2) is 0 Å². The average molecular weight is 273 g/mol. The molecule has 4 N–H and O–H groups in total. The number of carbonyl (C=O) groups excluding carboxylic acids is 2. The van der Waals surface area contributed by atoms with Gasteiger partial charge in [-0.05, 0) is 33.6 Å². The molecule has 0 saturated heterocycles. The van der Waals surface area contributed by atoms with Gasteiger partial charge in [0.25, 0.3) is 0 Å². The zero-order valence-corrected chi connectivity index (χ0v) is 11.7. The molecule has 0 aliphatic heterocycles. The van der Waals surface area contributed by atoms with E-state index in [1.807, 2.05) is 0 Å². The molecule has 0 spiro atoms. The monoisotopic (exact) mass is 273 g/mol. The number of unbranched alkanes of at least 4 members (excludes halogenated alkanes) is 1. The molecule has 7 nitrogen and oxygen atoms in total. The summed E-state index contributed by atoms with van der Waals surface area (Å²) in [6, 6.07) is -0.422.